The second kappa shape index (κ2) is 5.07. The maximum absolute atomic E-state index is 12.5. The summed E-state index contributed by atoms with van der Waals surface area (Å²) in [5.41, 5.74) is -1.07. The Morgan fingerprint density at radius 1 is 1.39 bits per heavy atom. The third kappa shape index (κ3) is 2.64. The Kier molecular flexibility index (Phi) is 3.74. The summed E-state index contributed by atoms with van der Waals surface area (Å²) in [6.07, 6.45) is 1.75. The first-order valence-electron chi connectivity index (χ1n) is 8.39. The van der Waals surface area contributed by atoms with E-state index in [1.807, 2.05) is 0 Å². The van der Waals surface area contributed by atoms with Crippen molar-refractivity contribution in [2.75, 3.05) is 6.61 Å². The molecular formula is C17H27O5Si-. The maximum Gasteiger partial charge on any atom is 0.330 e. The van der Waals surface area contributed by atoms with Gasteiger partial charge in [-0.3, -0.25) is 0 Å². The van der Waals surface area contributed by atoms with Crippen LogP contribution in [-0.4, -0.2) is 38.7 Å². The lowest BCUT2D eigenvalue weighted by atomic mass is 9.71. The number of ether oxygens (including phenoxy) is 2. The summed E-state index contributed by atoms with van der Waals surface area (Å²) in [5, 5.41) is 12.6. The van der Waals surface area contributed by atoms with Crippen LogP contribution in [0.3, 0.4) is 0 Å². The molecule has 2 fully saturated rings. The maximum atomic E-state index is 12.5. The van der Waals surface area contributed by atoms with Gasteiger partial charge in [-0.1, -0.05) is 33.5 Å². The van der Waals surface area contributed by atoms with Crippen LogP contribution in [0.25, 0.3) is 0 Å². The first-order valence-corrected chi connectivity index (χ1v) is 11.3. The predicted octanol–water partition coefficient (Wildman–Crippen LogP) is 1.97. The average Bonchev–Trinajstić information content (AvgIpc) is 3.11. The van der Waals surface area contributed by atoms with Gasteiger partial charge in [0.05, 0.1) is 18.1 Å². The molecule has 1 spiro atoms. The van der Waals surface area contributed by atoms with Gasteiger partial charge < -0.3 is 19.0 Å². The Morgan fingerprint density at radius 2 is 2.04 bits per heavy atom. The fourth-order valence-electron chi connectivity index (χ4n) is 3.56. The average molecular weight is 339 g/mol. The first-order chi connectivity index (χ1) is 10.5. The number of carbonyl (C=O) groups excluding carboxylic acids is 1. The number of epoxide rings is 1. The van der Waals surface area contributed by atoms with E-state index in [-0.39, 0.29) is 34.8 Å². The van der Waals surface area contributed by atoms with Crippen molar-refractivity contribution in [3.05, 3.63) is 11.8 Å². The summed E-state index contributed by atoms with van der Waals surface area (Å²) in [5.74, 6) is -0.730. The molecule has 5 atom stereocenters. The molecule has 2 aliphatic heterocycles. The zero-order valence-electron chi connectivity index (χ0n) is 14.8. The quantitative estimate of drug-likeness (QED) is 0.447. The summed E-state index contributed by atoms with van der Waals surface area (Å²) >= 11 is 0. The summed E-state index contributed by atoms with van der Waals surface area (Å²) in [4.78, 5) is 11.7. The first kappa shape index (κ1) is 17.0. The molecule has 1 aliphatic carbocycles. The van der Waals surface area contributed by atoms with Gasteiger partial charge in [-0.05, 0) is 30.5 Å². The Balaban J connectivity index is 1.82. The Bertz CT molecular complexity index is 550. The fourth-order valence-corrected chi connectivity index (χ4v) is 4.59. The molecule has 1 saturated carbocycles. The number of hydrogen-bond donors (Lipinski definition) is 0. The number of rotatable bonds is 3. The minimum Gasteiger partial charge on any atom is -0.873 e. The molecule has 0 amide bonds. The molecule has 3 aliphatic rings. The lowest BCUT2D eigenvalue weighted by Crippen LogP contribution is -2.55. The number of esters is 1. The highest BCUT2D eigenvalue weighted by Crippen LogP contribution is 2.54. The smallest absolute Gasteiger partial charge is 0.330 e. The van der Waals surface area contributed by atoms with E-state index >= 15 is 0 Å². The van der Waals surface area contributed by atoms with E-state index in [1.54, 1.807) is 0 Å². The van der Waals surface area contributed by atoms with Gasteiger partial charge in [0.1, 0.15) is 5.60 Å². The molecular weight excluding hydrogens is 312 g/mol. The van der Waals surface area contributed by atoms with Crippen molar-refractivity contribution >= 4 is 14.3 Å². The van der Waals surface area contributed by atoms with Crippen LogP contribution >= 0.6 is 0 Å². The molecule has 6 heteroatoms. The summed E-state index contributed by atoms with van der Waals surface area (Å²) in [7, 11) is -1.94. The van der Waals surface area contributed by atoms with Crippen molar-refractivity contribution in [2.24, 2.45) is 11.8 Å². The molecule has 3 rings (SSSR count). The molecule has 2 heterocycles. The van der Waals surface area contributed by atoms with Crippen LogP contribution in [0, 0.1) is 11.8 Å². The second-order valence-electron chi connectivity index (χ2n) is 8.74. The van der Waals surface area contributed by atoms with E-state index in [0.29, 0.717) is 13.0 Å². The third-order valence-corrected chi connectivity index (χ3v) is 10.6. The normalized spacial score (nSPS) is 39.9. The SMILES string of the molecule is C[C@@H]1C[C@@]2(OC(=O)C=C2[O-])[C@H](CO[Si](C)(C)C(C)(C)C)[C@H]2O[C@H]21. The molecule has 5 nitrogen and oxygen atoms in total. The third-order valence-electron chi connectivity index (χ3n) is 6.12. The van der Waals surface area contributed by atoms with Crippen molar-refractivity contribution in [2.45, 2.75) is 70.1 Å². The van der Waals surface area contributed by atoms with Gasteiger partial charge in [-0.15, -0.1) is 0 Å². The van der Waals surface area contributed by atoms with Gasteiger partial charge >= 0.3 is 5.97 Å². The minimum atomic E-state index is -1.94. The predicted molar refractivity (Wildman–Crippen MR) is 86.0 cm³/mol. The van der Waals surface area contributed by atoms with Gasteiger partial charge in [0.2, 0.25) is 0 Å². The second-order valence-corrected chi connectivity index (χ2v) is 13.6. The minimum absolute atomic E-state index is 0.0354. The zero-order chi connectivity index (χ0) is 17.2. The number of hydrogen-bond acceptors (Lipinski definition) is 5. The van der Waals surface area contributed by atoms with Crippen molar-refractivity contribution in [1.29, 1.82) is 0 Å². The van der Waals surface area contributed by atoms with Gasteiger partial charge in [0.15, 0.2) is 8.32 Å². The van der Waals surface area contributed by atoms with E-state index < -0.39 is 19.9 Å². The van der Waals surface area contributed by atoms with Crippen LogP contribution < -0.4 is 5.11 Å². The molecule has 0 N–H and O–H groups in total. The van der Waals surface area contributed by atoms with Crippen molar-refractivity contribution < 1.29 is 23.8 Å². The summed E-state index contributed by atoms with van der Waals surface area (Å²) in [6.45, 7) is 13.4. The molecule has 0 aromatic carbocycles. The molecule has 0 bridgehead atoms. The van der Waals surface area contributed by atoms with Gasteiger partial charge in [0.25, 0.3) is 0 Å². The van der Waals surface area contributed by atoms with E-state index in [2.05, 4.69) is 40.8 Å². The Hall–Kier alpha value is -0.853. The topological polar surface area (TPSA) is 71.1 Å². The van der Waals surface area contributed by atoms with Crippen molar-refractivity contribution in [3.8, 4) is 0 Å². The number of fused-ring (bicyclic) bond motifs is 1. The molecule has 0 aromatic heterocycles. The van der Waals surface area contributed by atoms with Gasteiger partial charge in [0, 0.05) is 12.7 Å². The van der Waals surface area contributed by atoms with Gasteiger partial charge in [-0.25, -0.2) is 4.79 Å². The number of carbonyl (C=O) groups is 1. The summed E-state index contributed by atoms with van der Waals surface area (Å²) in [6, 6.07) is 0. The Morgan fingerprint density at radius 3 is 2.57 bits per heavy atom. The largest absolute Gasteiger partial charge is 0.873 e. The highest BCUT2D eigenvalue weighted by molar-refractivity contribution is 6.74. The molecule has 130 valence electrons. The standard InChI is InChI=1S/C17H28O5Si/c1-10-8-17(12(18)7-13(19)22-17)11(15-14(10)21-15)9-20-23(5,6)16(2,3)4/h7,10-11,14-15,18H,8-9H2,1-6H3/p-1/t10-,11-,14+,15-,17-/m1/s1. The van der Waals surface area contributed by atoms with E-state index in [1.165, 1.54) is 0 Å². The lowest BCUT2D eigenvalue weighted by Gasteiger charge is -2.46. The molecule has 0 radical (unpaired) electrons. The highest BCUT2D eigenvalue weighted by Gasteiger charge is 2.64. The lowest BCUT2D eigenvalue weighted by molar-refractivity contribution is -0.337. The van der Waals surface area contributed by atoms with Gasteiger partial charge in [-0.2, -0.15) is 0 Å². The van der Waals surface area contributed by atoms with Crippen LogP contribution in [0.2, 0.25) is 18.1 Å². The summed E-state index contributed by atoms with van der Waals surface area (Å²) < 4.78 is 17.7. The van der Waals surface area contributed by atoms with Crippen LogP contribution in [0.1, 0.15) is 34.1 Å². The molecule has 1 saturated heterocycles. The highest BCUT2D eigenvalue weighted by atomic mass is 28.4. The molecule has 0 aromatic rings. The van der Waals surface area contributed by atoms with E-state index in [0.717, 1.165) is 6.08 Å². The van der Waals surface area contributed by atoms with Crippen LogP contribution in [0.5, 0.6) is 0 Å². The van der Waals surface area contributed by atoms with Crippen molar-refractivity contribution in [1.82, 2.24) is 0 Å². The fraction of sp³-hybridized carbons (Fsp3) is 0.824. The van der Waals surface area contributed by atoms with E-state index in [4.69, 9.17) is 13.9 Å². The molecule has 23 heavy (non-hydrogen) atoms. The monoisotopic (exact) mass is 339 g/mol. The van der Waals surface area contributed by atoms with Crippen molar-refractivity contribution in [3.63, 3.8) is 0 Å². The van der Waals surface area contributed by atoms with Crippen LogP contribution in [0.15, 0.2) is 11.8 Å². The van der Waals surface area contributed by atoms with Crippen LogP contribution in [-0.2, 0) is 18.7 Å². The Labute approximate surface area is 139 Å². The molecule has 0 unspecified atom stereocenters. The van der Waals surface area contributed by atoms with Crippen LogP contribution in [0.4, 0.5) is 0 Å². The zero-order valence-corrected chi connectivity index (χ0v) is 15.8. The van der Waals surface area contributed by atoms with E-state index in [9.17, 15) is 9.90 Å².